The number of fused-ring (bicyclic) bond motifs is 2. The van der Waals surface area contributed by atoms with Gasteiger partial charge in [-0.2, -0.15) is 0 Å². The zero-order valence-corrected chi connectivity index (χ0v) is 16.9. The molecule has 29 heavy (non-hydrogen) atoms. The van der Waals surface area contributed by atoms with Gasteiger partial charge in [0, 0.05) is 4.88 Å². The summed E-state index contributed by atoms with van der Waals surface area (Å²) in [6, 6.07) is 5.48. The average molecular weight is 412 g/mol. The van der Waals surface area contributed by atoms with Crippen LogP contribution in [0.3, 0.4) is 0 Å². The van der Waals surface area contributed by atoms with Crippen molar-refractivity contribution in [3.63, 3.8) is 0 Å². The second kappa shape index (κ2) is 7.44. The fraction of sp³-hybridized carbons (Fsp3) is 0.333. The van der Waals surface area contributed by atoms with E-state index in [1.807, 2.05) is 0 Å². The van der Waals surface area contributed by atoms with Crippen LogP contribution >= 0.6 is 11.3 Å². The van der Waals surface area contributed by atoms with Crippen molar-refractivity contribution in [1.82, 2.24) is 4.90 Å². The van der Waals surface area contributed by atoms with Crippen molar-refractivity contribution in [1.29, 1.82) is 0 Å². The molecule has 3 amide bonds. The lowest BCUT2D eigenvalue weighted by atomic mass is 9.95. The predicted molar refractivity (Wildman–Crippen MR) is 107 cm³/mol. The Bertz CT molecular complexity index is 1010. The van der Waals surface area contributed by atoms with Crippen LogP contribution in [0.5, 0.6) is 0 Å². The summed E-state index contributed by atoms with van der Waals surface area (Å²) in [6.07, 6.45) is 3.63. The number of imide groups is 1. The number of carbonyl (C=O) groups excluding carboxylic acids is 4. The maximum absolute atomic E-state index is 12.9. The molecule has 7 nitrogen and oxygen atoms in total. The molecule has 1 aliphatic heterocycles. The van der Waals surface area contributed by atoms with E-state index < -0.39 is 29.7 Å². The van der Waals surface area contributed by atoms with Crippen molar-refractivity contribution in [3.8, 4) is 0 Å². The number of hydrogen-bond acceptors (Lipinski definition) is 6. The summed E-state index contributed by atoms with van der Waals surface area (Å²) in [7, 11) is 1.31. The third-order valence-electron chi connectivity index (χ3n) is 5.39. The Morgan fingerprint density at radius 1 is 1.10 bits per heavy atom. The minimum absolute atomic E-state index is 0.291. The van der Waals surface area contributed by atoms with Gasteiger partial charge in [0.15, 0.2) is 0 Å². The Balaban J connectivity index is 1.61. The first-order chi connectivity index (χ1) is 13.9. The number of aryl methyl sites for hydroxylation is 1. The van der Waals surface area contributed by atoms with Crippen LogP contribution in [0.15, 0.2) is 24.3 Å². The lowest BCUT2D eigenvalue weighted by molar-refractivity contribution is -0.119. The summed E-state index contributed by atoms with van der Waals surface area (Å²) in [4.78, 5) is 52.6. The minimum atomic E-state index is -1.02. The van der Waals surface area contributed by atoms with Gasteiger partial charge in [0.05, 0.1) is 23.8 Å². The predicted octanol–water partition coefficient (Wildman–Crippen LogP) is 3.04. The van der Waals surface area contributed by atoms with Crippen LogP contribution in [0.1, 0.15) is 61.3 Å². The summed E-state index contributed by atoms with van der Waals surface area (Å²) in [5, 5.41) is 3.17. The molecule has 1 aromatic heterocycles. The molecule has 1 aliphatic carbocycles. The maximum Gasteiger partial charge on any atom is 0.341 e. The number of carbonyl (C=O) groups is 4. The molecule has 1 N–H and O–H groups in total. The standard InChI is InChI=1S/C21H20N2O5S/c1-11(23-19(25)12-7-3-4-8-13(12)20(23)26)17(24)22-18-16(21(27)28-2)14-9-5-6-10-15(14)29-18/h3-4,7-8,11H,5-6,9-10H2,1-2H3,(H,22,24). The van der Waals surface area contributed by atoms with Gasteiger partial charge in [-0.25, -0.2) is 4.79 Å². The number of hydrogen-bond donors (Lipinski definition) is 1. The molecule has 1 atom stereocenters. The van der Waals surface area contributed by atoms with Crippen LogP contribution in [0, 0.1) is 0 Å². The Hall–Kier alpha value is -3.00. The van der Waals surface area contributed by atoms with Gasteiger partial charge in [-0.15, -0.1) is 11.3 Å². The van der Waals surface area contributed by atoms with Crippen LogP contribution in [-0.2, 0) is 22.4 Å². The summed E-state index contributed by atoms with van der Waals surface area (Å²) in [6.45, 7) is 1.50. The van der Waals surface area contributed by atoms with E-state index in [0.717, 1.165) is 41.0 Å². The van der Waals surface area contributed by atoms with E-state index in [9.17, 15) is 19.2 Å². The third-order valence-corrected chi connectivity index (χ3v) is 6.60. The van der Waals surface area contributed by atoms with Crippen molar-refractivity contribution in [3.05, 3.63) is 51.4 Å². The van der Waals surface area contributed by atoms with Crippen LogP contribution in [0.2, 0.25) is 0 Å². The second-order valence-corrected chi connectivity index (χ2v) is 8.20. The van der Waals surface area contributed by atoms with Crippen LogP contribution < -0.4 is 5.32 Å². The highest BCUT2D eigenvalue weighted by Crippen LogP contribution is 2.38. The number of thiophene rings is 1. The first-order valence-corrected chi connectivity index (χ1v) is 10.3. The zero-order chi connectivity index (χ0) is 20.7. The molecule has 0 spiro atoms. The van der Waals surface area contributed by atoms with Gasteiger partial charge in [0.2, 0.25) is 5.91 Å². The van der Waals surface area contributed by atoms with E-state index in [-0.39, 0.29) is 0 Å². The normalized spacial score (nSPS) is 16.3. The Labute approximate surface area is 171 Å². The number of amides is 3. The second-order valence-electron chi connectivity index (χ2n) is 7.10. The fourth-order valence-electron chi connectivity index (χ4n) is 3.87. The summed E-state index contributed by atoms with van der Waals surface area (Å²) in [5.74, 6) is -2.00. The molecular weight excluding hydrogens is 392 g/mol. The summed E-state index contributed by atoms with van der Waals surface area (Å²) in [5.41, 5.74) is 1.89. The summed E-state index contributed by atoms with van der Waals surface area (Å²) >= 11 is 1.36. The van der Waals surface area contributed by atoms with Crippen molar-refractivity contribution in [2.24, 2.45) is 0 Å². The van der Waals surface area contributed by atoms with E-state index in [4.69, 9.17) is 4.74 Å². The molecule has 0 saturated carbocycles. The van der Waals surface area contributed by atoms with Crippen LogP contribution in [0.4, 0.5) is 5.00 Å². The smallest absolute Gasteiger partial charge is 0.341 e. The van der Waals surface area contributed by atoms with Gasteiger partial charge in [0.25, 0.3) is 11.8 Å². The summed E-state index contributed by atoms with van der Waals surface area (Å²) < 4.78 is 4.92. The van der Waals surface area contributed by atoms with Crippen LogP contribution in [-0.4, -0.2) is 41.7 Å². The van der Waals surface area contributed by atoms with E-state index in [0.29, 0.717) is 21.7 Å². The molecule has 0 saturated heterocycles. The molecular formula is C21H20N2O5S. The number of esters is 1. The topological polar surface area (TPSA) is 92.8 Å². The minimum Gasteiger partial charge on any atom is -0.465 e. The number of ether oxygens (including phenoxy) is 1. The number of benzene rings is 1. The van der Waals surface area contributed by atoms with Crippen LogP contribution in [0.25, 0.3) is 0 Å². The number of nitrogens with one attached hydrogen (secondary N) is 1. The highest BCUT2D eigenvalue weighted by molar-refractivity contribution is 7.17. The lowest BCUT2D eigenvalue weighted by Crippen LogP contribution is -2.45. The monoisotopic (exact) mass is 412 g/mol. The molecule has 2 heterocycles. The fourth-order valence-corrected chi connectivity index (χ4v) is 5.15. The SMILES string of the molecule is COC(=O)c1c(NC(=O)C(C)N2C(=O)c3ccccc3C2=O)sc2c1CCCC2. The van der Waals surface area contributed by atoms with E-state index >= 15 is 0 Å². The van der Waals surface area contributed by atoms with E-state index in [1.54, 1.807) is 24.3 Å². The third kappa shape index (κ3) is 3.13. The molecule has 1 aromatic carbocycles. The molecule has 1 unspecified atom stereocenters. The first-order valence-electron chi connectivity index (χ1n) is 9.44. The van der Waals surface area contributed by atoms with Gasteiger partial charge in [-0.3, -0.25) is 19.3 Å². The van der Waals surface area contributed by atoms with Gasteiger partial charge < -0.3 is 10.1 Å². The number of anilines is 1. The Kier molecular flexibility index (Phi) is 4.96. The van der Waals surface area contributed by atoms with Crippen molar-refractivity contribution >= 4 is 40.0 Å². The first kappa shape index (κ1) is 19.3. The van der Waals surface area contributed by atoms with Crippen molar-refractivity contribution < 1.29 is 23.9 Å². The van der Waals surface area contributed by atoms with Crippen molar-refractivity contribution in [2.75, 3.05) is 12.4 Å². The molecule has 8 heteroatoms. The number of nitrogens with zero attached hydrogens (tertiary/aromatic N) is 1. The average Bonchev–Trinajstić information content (AvgIpc) is 3.22. The molecule has 4 rings (SSSR count). The zero-order valence-electron chi connectivity index (χ0n) is 16.1. The molecule has 0 fully saturated rings. The lowest BCUT2D eigenvalue weighted by Gasteiger charge is -2.21. The van der Waals surface area contributed by atoms with Gasteiger partial charge in [-0.05, 0) is 50.3 Å². The highest BCUT2D eigenvalue weighted by atomic mass is 32.1. The van der Waals surface area contributed by atoms with Gasteiger partial charge in [0.1, 0.15) is 11.0 Å². The van der Waals surface area contributed by atoms with E-state index in [1.165, 1.54) is 25.4 Å². The molecule has 0 radical (unpaired) electrons. The quantitative estimate of drug-likeness (QED) is 0.616. The molecule has 2 aliphatic rings. The Morgan fingerprint density at radius 2 is 1.72 bits per heavy atom. The molecule has 2 aromatic rings. The van der Waals surface area contributed by atoms with Crippen molar-refractivity contribution in [2.45, 2.75) is 38.6 Å². The number of methoxy groups -OCH3 is 1. The molecule has 150 valence electrons. The Morgan fingerprint density at radius 3 is 2.34 bits per heavy atom. The van der Waals surface area contributed by atoms with E-state index in [2.05, 4.69) is 5.32 Å². The largest absolute Gasteiger partial charge is 0.465 e. The highest BCUT2D eigenvalue weighted by Gasteiger charge is 2.41. The maximum atomic E-state index is 12.9. The number of rotatable bonds is 4. The van der Waals surface area contributed by atoms with Gasteiger partial charge >= 0.3 is 5.97 Å². The van der Waals surface area contributed by atoms with Gasteiger partial charge in [-0.1, -0.05) is 12.1 Å². The molecule has 0 bridgehead atoms.